The molecule has 4 nitrogen and oxygen atoms in total. The SMILES string of the molecule is COc1cc(C)c(CNCCC(=O)O)cc1Cl. The smallest absolute Gasteiger partial charge is 0.304 e. The number of rotatable bonds is 6. The molecule has 0 aromatic heterocycles. The Kier molecular flexibility index (Phi) is 5.25. The van der Waals surface area contributed by atoms with Crippen molar-refractivity contribution in [2.45, 2.75) is 19.9 Å². The summed E-state index contributed by atoms with van der Waals surface area (Å²) in [6, 6.07) is 3.71. The number of benzene rings is 1. The molecule has 0 spiro atoms. The average molecular weight is 258 g/mol. The molecule has 0 amide bonds. The van der Waals surface area contributed by atoms with E-state index in [0.717, 1.165) is 11.1 Å². The van der Waals surface area contributed by atoms with Gasteiger partial charge in [-0.1, -0.05) is 11.6 Å². The highest BCUT2D eigenvalue weighted by atomic mass is 35.5. The molecule has 0 atom stereocenters. The Morgan fingerprint density at radius 1 is 1.53 bits per heavy atom. The molecule has 1 rings (SSSR count). The zero-order valence-corrected chi connectivity index (χ0v) is 10.7. The van der Waals surface area contributed by atoms with Crippen LogP contribution in [0.4, 0.5) is 0 Å². The van der Waals surface area contributed by atoms with Gasteiger partial charge in [0.05, 0.1) is 18.6 Å². The second kappa shape index (κ2) is 6.47. The van der Waals surface area contributed by atoms with Gasteiger partial charge in [0.25, 0.3) is 0 Å². The lowest BCUT2D eigenvalue weighted by molar-refractivity contribution is -0.136. The molecule has 1 aromatic carbocycles. The summed E-state index contributed by atoms with van der Waals surface area (Å²) in [6.07, 6.45) is 0.114. The van der Waals surface area contributed by atoms with Gasteiger partial charge < -0.3 is 15.2 Å². The van der Waals surface area contributed by atoms with Gasteiger partial charge in [-0.15, -0.1) is 0 Å². The van der Waals surface area contributed by atoms with Crippen LogP contribution in [0.5, 0.6) is 5.75 Å². The maximum Gasteiger partial charge on any atom is 0.304 e. The van der Waals surface area contributed by atoms with Crippen LogP contribution < -0.4 is 10.1 Å². The van der Waals surface area contributed by atoms with Crippen LogP contribution in [-0.4, -0.2) is 24.7 Å². The van der Waals surface area contributed by atoms with E-state index in [1.165, 1.54) is 0 Å². The maximum atomic E-state index is 10.3. The largest absolute Gasteiger partial charge is 0.495 e. The van der Waals surface area contributed by atoms with Crippen LogP contribution >= 0.6 is 11.6 Å². The summed E-state index contributed by atoms with van der Waals surface area (Å²) >= 11 is 6.02. The number of halogens is 1. The van der Waals surface area contributed by atoms with Crippen molar-refractivity contribution in [2.24, 2.45) is 0 Å². The lowest BCUT2D eigenvalue weighted by Crippen LogP contribution is -2.18. The molecule has 0 heterocycles. The molecule has 0 radical (unpaired) electrons. The molecule has 0 unspecified atom stereocenters. The molecule has 1 aromatic rings. The number of aliphatic carboxylic acids is 1. The molecule has 0 bridgehead atoms. The lowest BCUT2D eigenvalue weighted by atomic mass is 10.1. The van der Waals surface area contributed by atoms with Crippen LogP contribution in [0, 0.1) is 6.92 Å². The predicted octanol–water partition coefficient (Wildman–Crippen LogP) is 2.22. The number of hydrogen-bond acceptors (Lipinski definition) is 3. The third-order valence-electron chi connectivity index (χ3n) is 2.44. The Morgan fingerprint density at radius 3 is 2.82 bits per heavy atom. The topological polar surface area (TPSA) is 58.6 Å². The number of carboxylic acid groups (broad SMARTS) is 1. The van der Waals surface area contributed by atoms with E-state index in [4.69, 9.17) is 21.4 Å². The summed E-state index contributed by atoms with van der Waals surface area (Å²) < 4.78 is 5.11. The lowest BCUT2D eigenvalue weighted by Gasteiger charge is -2.10. The van der Waals surface area contributed by atoms with Crippen LogP contribution in [0.25, 0.3) is 0 Å². The number of carbonyl (C=O) groups is 1. The Morgan fingerprint density at radius 2 is 2.24 bits per heavy atom. The van der Waals surface area contributed by atoms with E-state index in [1.54, 1.807) is 7.11 Å². The molecule has 5 heteroatoms. The van der Waals surface area contributed by atoms with Gasteiger partial charge in [0.15, 0.2) is 0 Å². The third kappa shape index (κ3) is 4.24. The standard InChI is InChI=1S/C12H16ClNO3/c1-8-5-11(17-2)10(13)6-9(8)7-14-4-3-12(15)16/h5-6,14H,3-4,7H2,1-2H3,(H,15,16). The van der Waals surface area contributed by atoms with Crippen LogP contribution in [0.1, 0.15) is 17.5 Å². The van der Waals surface area contributed by atoms with Crippen molar-refractivity contribution in [2.75, 3.05) is 13.7 Å². The Labute approximate surface area is 106 Å². The Hall–Kier alpha value is -1.26. The van der Waals surface area contributed by atoms with Gasteiger partial charge in [0.1, 0.15) is 5.75 Å². The quantitative estimate of drug-likeness (QED) is 0.768. The molecule has 0 aliphatic heterocycles. The summed E-state index contributed by atoms with van der Waals surface area (Å²) in [7, 11) is 1.57. The van der Waals surface area contributed by atoms with E-state index in [9.17, 15) is 4.79 Å². The minimum absolute atomic E-state index is 0.114. The van der Waals surface area contributed by atoms with Gasteiger partial charge in [-0.2, -0.15) is 0 Å². The van der Waals surface area contributed by atoms with E-state index >= 15 is 0 Å². The van der Waals surface area contributed by atoms with Crippen molar-refractivity contribution in [3.8, 4) is 5.75 Å². The second-order valence-electron chi connectivity index (χ2n) is 3.73. The summed E-state index contributed by atoms with van der Waals surface area (Å²) in [5.74, 6) is -0.152. The van der Waals surface area contributed by atoms with Gasteiger partial charge in [-0.05, 0) is 30.2 Å². The fourth-order valence-electron chi connectivity index (χ4n) is 1.46. The predicted molar refractivity (Wildman–Crippen MR) is 66.7 cm³/mol. The van der Waals surface area contributed by atoms with Gasteiger partial charge >= 0.3 is 5.97 Å². The molecule has 0 saturated heterocycles. The van der Waals surface area contributed by atoms with Gasteiger partial charge in [-0.25, -0.2) is 0 Å². The first-order valence-corrected chi connectivity index (χ1v) is 5.68. The van der Waals surface area contributed by atoms with Gasteiger partial charge in [0.2, 0.25) is 0 Å². The third-order valence-corrected chi connectivity index (χ3v) is 2.74. The summed E-state index contributed by atoms with van der Waals surface area (Å²) in [4.78, 5) is 10.3. The molecule has 0 aliphatic rings. The fourth-order valence-corrected chi connectivity index (χ4v) is 1.72. The number of methoxy groups -OCH3 is 1. The summed E-state index contributed by atoms with van der Waals surface area (Å²) in [5, 5.41) is 12.1. The first-order chi connectivity index (χ1) is 8.04. The van der Waals surface area contributed by atoms with Crippen molar-refractivity contribution >= 4 is 17.6 Å². The van der Waals surface area contributed by atoms with E-state index in [1.807, 2.05) is 19.1 Å². The number of aryl methyl sites for hydroxylation is 1. The molecule has 0 fully saturated rings. The highest BCUT2D eigenvalue weighted by Crippen LogP contribution is 2.27. The molecule has 94 valence electrons. The zero-order chi connectivity index (χ0) is 12.8. The van der Waals surface area contributed by atoms with Crippen molar-refractivity contribution in [3.05, 3.63) is 28.3 Å². The number of ether oxygens (including phenoxy) is 1. The normalized spacial score (nSPS) is 10.3. The van der Waals surface area contributed by atoms with E-state index < -0.39 is 5.97 Å². The molecule has 0 saturated carbocycles. The van der Waals surface area contributed by atoms with Gasteiger partial charge in [0, 0.05) is 13.1 Å². The van der Waals surface area contributed by atoms with Crippen LogP contribution in [-0.2, 0) is 11.3 Å². The highest BCUT2D eigenvalue weighted by Gasteiger charge is 2.06. The monoisotopic (exact) mass is 257 g/mol. The van der Waals surface area contributed by atoms with Crippen molar-refractivity contribution in [1.82, 2.24) is 5.32 Å². The zero-order valence-electron chi connectivity index (χ0n) is 9.92. The number of nitrogens with one attached hydrogen (secondary N) is 1. The van der Waals surface area contributed by atoms with Crippen LogP contribution in [0.3, 0.4) is 0 Å². The molecule has 2 N–H and O–H groups in total. The average Bonchev–Trinajstić information content (AvgIpc) is 2.28. The van der Waals surface area contributed by atoms with E-state index in [0.29, 0.717) is 23.9 Å². The molecule has 0 aliphatic carbocycles. The van der Waals surface area contributed by atoms with Gasteiger partial charge in [-0.3, -0.25) is 4.79 Å². The summed E-state index contributed by atoms with van der Waals surface area (Å²) in [6.45, 7) is 3.01. The highest BCUT2D eigenvalue weighted by molar-refractivity contribution is 6.32. The molecular weight excluding hydrogens is 242 g/mol. The van der Waals surface area contributed by atoms with Crippen LogP contribution in [0.15, 0.2) is 12.1 Å². The van der Waals surface area contributed by atoms with Crippen molar-refractivity contribution in [3.63, 3.8) is 0 Å². The van der Waals surface area contributed by atoms with E-state index in [2.05, 4.69) is 5.32 Å². The molecule has 17 heavy (non-hydrogen) atoms. The van der Waals surface area contributed by atoms with Crippen molar-refractivity contribution < 1.29 is 14.6 Å². The maximum absolute atomic E-state index is 10.3. The Balaban J connectivity index is 2.59. The second-order valence-corrected chi connectivity index (χ2v) is 4.14. The number of hydrogen-bond donors (Lipinski definition) is 2. The van der Waals surface area contributed by atoms with Crippen LogP contribution in [0.2, 0.25) is 5.02 Å². The Bertz CT molecular complexity index is 407. The van der Waals surface area contributed by atoms with E-state index in [-0.39, 0.29) is 6.42 Å². The van der Waals surface area contributed by atoms with Crippen molar-refractivity contribution in [1.29, 1.82) is 0 Å². The fraction of sp³-hybridized carbons (Fsp3) is 0.417. The summed E-state index contributed by atoms with van der Waals surface area (Å²) in [5.41, 5.74) is 2.11. The minimum atomic E-state index is -0.804. The minimum Gasteiger partial charge on any atom is -0.495 e. The first-order valence-electron chi connectivity index (χ1n) is 5.30. The number of carboxylic acids is 1. The first kappa shape index (κ1) is 13.8. The molecular formula is C12H16ClNO3.